The molecule has 0 fully saturated rings. The van der Waals surface area contributed by atoms with Gasteiger partial charge < -0.3 is 0 Å². The first-order chi connectivity index (χ1) is 12.4. The van der Waals surface area contributed by atoms with E-state index in [-0.39, 0.29) is 16.8 Å². The molecule has 2 aromatic carbocycles. The van der Waals surface area contributed by atoms with Crippen LogP contribution in [0.15, 0.2) is 59.2 Å². The second kappa shape index (κ2) is 6.89. The van der Waals surface area contributed by atoms with Gasteiger partial charge >= 0.3 is 0 Å². The second-order valence-electron chi connectivity index (χ2n) is 5.52. The Labute approximate surface area is 153 Å². The van der Waals surface area contributed by atoms with Gasteiger partial charge in [0.1, 0.15) is 0 Å². The van der Waals surface area contributed by atoms with Gasteiger partial charge in [0.2, 0.25) is 0 Å². The van der Waals surface area contributed by atoms with Crippen molar-refractivity contribution in [3.8, 4) is 0 Å². The Kier molecular flexibility index (Phi) is 4.64. The molecule has 0 aliphatic carbocycles. The normalized spacial score (nSPS) is 15.3. The number of nitro benzene ring substituents is 1. The summed E-state index contributed by atoms with van der Waals surface area (Å²) in [5.74, 6) is -1.16. The molecule has 8 heteroatoms. The highest BCUT2D eigenvalue weighted by molar-refractivity contribution is 6.31. The summed E-state index contributed by atoms with van der Waals surface area (Å²) in [6, 6.07) is 12.0. The number of rotatable bonds is 3. The lowest BCUT2D eigenvalue weighted by molar-refractivity contribution is -0.384. The number of imide groups is 1. The number of amides is 2. The van der Waals surface area contributed by atoms with Gasteiger partial charge in [-0.15, -0.1) is 0 Å². The molecule has 1 aliphatic heterocycles. The van der Waals surface area contributed by atoms with E-state index < -0.39 is 16.7 Å². The van der Waals surface area contributed by atoms with Crippen molar-refractivity contribution in [2.75, 3.05) is 0 Å². The van der Waals surface area contributed by atoms with Gasteiger partial charge in [-0.25, -0.2) is 0 Å². The molecule has 0 N–H and O–H groups in total. The van der Waals surface area contributed by atoms with Crippen molar-refractivity contribution in [3.05, 3.63) is 80.4 Å². The van der Waals surface area contributed by atoms with Gasteiger partial charge in [-0.05, 0) is 42.8 Å². The maximum atomic E-state index is 12.6. The lowest BCUT2D eigenvalue weighted by atomic mass is 10.1. The second-order valence-corrected chi connectivity index (χ2v) is 5.96. The zero-order chi connectivity index (χ0) is 18.8. The SMILES string of the molecule is CC1=NN(C(=O)c2ccc(Cl)cc2)C(=O)C1=Cc1cccc([N+](=O)[O-])c1. The van der Waals surface area contributed by atoms with Gasteiger partial charge in [0.15, 0.2) is 0 Å². The summed E-state index contributed by atoms with van der Waals surface area (Å²) in [5.41, 5.74) is 1.21. The summed E-state index contributed by atoms with van der Waals surface area (Å²) in [5, 5.41) is 16.1. The largest absolute Gasteiger partial charge is 0.283 e. The fourth-order valence-corrected chi connectivity index (χ4v) is 2.56. The Bertz CT molecular complexity index is 980. The average molecular weight is 370 g/mol. The van der Waals surface area contributed by atoms with Crippen molar-refractivity contribution in [2.45, 2.75) is 6.92 Å². The van der Waals surface area contributed by atoms with E-state index in [4.69, 9.17) is 11.6 Å². The molecule has 0 saturated carbocycles. The Balaban J connectivity index is 1.90. The number of carbonyl (C=O) groups is 2. The third-order valence-corrected chi connectivity index (χ3v) is 3.99. The topological polar surface area (TPSA) is 92.9 Å². The zero-order valence-electron chi connectivity index (χ0n) is 13.5. The molecule has 0 spiro atoms. The number of nitro groups is 1. The van der Waals surface area contributed by atoms with Gasteiger partial charge in [-0.2, -0.15) is 10.1 Å². The molecule has 130 valence electrons. The van der Waals surface area contributed by atoms with E-state index in [1.807, 2.05) is 0 Å². The lowest BCUT2D eigenvalue weighted by Crippen LogP contribution is -2.29. The molecule has 0 unspecified atom stereocenters. The molecule has 1 heterocycles. The van der Waals surface area contributed by atoms with Crippen LogP contribution >= 0.6 is 11.6 Å². The van der Waals surface area contributed by atoms with Crippen LogP contribution in [0.25, 0.3) is 6.08 Å². The van der Waals surface area contributed by atoms with Crippen molar-refractivity contribution in [1.82, 2.24) is 5.01 Å². The van der Waals surface area contributed by atoms with E-state index in [2.05, 4.69) is 5.10 Å². The van der Waals surface area contributed by atoms with Crippen LogP contribution in [0.4, 0.5) is 5.69 Å². The Morgan fingerprint density at radius 1 is 1.23 bits per heavy atom. The van der Waals surface area contributed by atoms with Gasteiger partial charge in [0.25, 0.3) is 17.5 Å². The van der Waals surface area contributed by atoms with E-state index in [9.17, 15) is 19.7 Å². The standard InChI is InChI=1S/C18H12ClN3O4/c1-11-16(10-12-3-2-4-15(9-12)22(25)26)18(24)21(20-11)17(23)13-5-7-14(19)8-6-13/h2-10H,1H3. The third-order valence-electron chi connectivity index (χ3n) is 3.74. The molecule has 1 aliphatic rings. The van der Waals surface area contributed by atoms with E-state index in [1.54, 1.807) is 25.1 Å². The highest BCUT2D eigenvalue weighted by atomic mass is 35.5. The predicted molar refractivity (Wildman–Crippen MR) is 96.8 cm³/mol. The summed E-state index contributed by atoms with van der Waals surface area (Å²) in [6.45, 7) is 1.59. The number of hydrogen-bond acceptors (Lipinski definition) is 5. The van der Waals surface area contributed by atoms with Crippen LogP contribution in [0.3, 0.4) is 0 Å². The first kappa shape index (κ1) is 17.5. The molecular weight excluding hydrogens is 358 g/mol. The Hall–Kier alpha value is -3.32. The van der Waals surface area contributed by atoms with E-state index in [1.165, 1.54) is 36.4 Å². The number of hydrazone groups is 1. The van der Waals surface area contributed by atoms with E-state index in [0.29, 0.717) is 16.3 Å². The monoisotopic (exact) mass is 369 g/mol. The molecule has 2 aromatic rings. The summed E-state index contributed by atoms with van der Waals surface area (Å²) in [4.78, 5) is 35.4. The fraction of sp³-hybridized carbons (Fsp3) is 0.0556. The molecule has 7 nitrogen and oxygen atoms in total. The van der Waals surface area contributed by atoms with Crippen molar-refractivity contribution in [1.29, 1.82) is 0 Å². The number of hydrogen-bond donors (Lipinski definition) is 0. The molecule has 2 amide bonds. The number of non-ortho nitro benzene ring substituents is 1. The Morgan fingerprint density at radius 3 is 2.58 bits per heavy atom. The number of nitrogens with zero attached hydrogens (tertiary/aromatic N) is 3. The highest BCUT2D eigenvalue weighted by Crippen LogP contribution is 2.23. The number of benzene rings is 2. The van der Waals surface area contributed by atoms with Gasteiger partial charge in [-0.3, -0.25) is 19.7 Å². The fourth-order valence-electron chi connectivity index (χ4n) is 2.43. The first-order valence-corrected chi connectivity index (χ1v) is 7.90. The molecule has 3 rings (SSSR count). The first-order valence-electron chi connectivity index (χ1n) is 7.53. The van der Waals surface area contributed by atoms with Crippen LogP contribution < -0.4 is 0 Å². The minimum absolute atomic E-state index is 0.0894. The minimum Gasteiger partial charge on any atom is -0.267 e. The lowest BCUT2D eigenvalue weighted by Gasteiger charge is -2.09. The number of halogens is 1. The molecule has 26 heavy (non-hydrogen) atoms. The Morgan fingerprint density at radius 2 is 1.92 bits per heavy atom. The van der Waals surface area contributed by atoms with E-state index >= 15 is 0 Å². The van der Waals surface area contributed by atoms with Crippen LogP contribution in [0, 0.1) is 10.1 Å². The predicted octanol–water partition coefficient (Wildman–Crippen LogP) is 3.69. The molecule has 0 saturated heterocycles. The summed E-state index contributed by atoms with van der Waals surface area (Å²) in [7, 11) is 0. The van der Waals surface area contributed by atoms with Crippen molar-refractivity contribution in [3.63, 3.8) is 0 Å². The van der Waals surface area contributed by atoms with Gasteiger partial charge in [0, 0.05) is 22.7 Å². The van der Waals surface area contributed by atoms with Crippen molar-refractivity contribution in [2.24, 2.45) is 5.10 Å². The molecule has 0 radical (unpaired) electrons. The quantitative estimate of drug-likeness (QED) is 0.357. The maximum absolute atomic E-state index is 12.6. The van der Waals surface area contributed by atoms with Crippen LogP contribution in [0.5, 0.6) is 0 Å². The summed E-state index contributed by atoms with van der Waals surface area (Å²) in [6.07, 6.45) is 1.48. The van der Waals surface area contributed by atoms with Crippen molar-refractivity contribution >= 4 is 40.9 Å². The number of carbonyl (C=O) groups excluding carboxylic acids is 2. The third kappa shape index (κ3) is 3.38. The zero-order valence-corrected chi connectivity index (χ0v) is 14.3. The van der Waals surface area contributed by atoms with Crippen LogP contribution in [-0.2, 0) is 4.79 Å². The summed E-state index contributed by atoms with van der Waals surface area (Å²) >= 11 is 5.80. The van der Waals surface area contributed by atoms with Gasteiger partial charge in [0.05, 0.1) is 16.2 Å². The van der Waals surface area contributed by atoms with E-state index in [0.717, 1.165) is 5.01 Å². The molecule has 0 atom stereocenters. The van der Waals surface area contributed by atoms with Crippen LogP contribution in [-0.4, -0.2) is 27.5 Å². The maximum Gasteiger partial charge on any atom is 0.283 e. The minimum atomic E-state index is -0.589. The molecule has 0 bridgehead atoms. The molecule has 0 aromatic heterocycles. The van der Waals surface area contributed by atoms with Crippen molar-refractivity contribution < 1.29 is 14.5 Å². The van der Waals surface area contributed by atoms with Crippen LogP contribution in [0.2, 0.25) is 5.02 Å². The average Bonchev–Trinajstić information content (AvgIpc) is 2.90. The van der Waals surface area contributed by atoms with Gasteiger partial charge in [-0.1, -0.05) is 23.7 Å². The van der Waals surface area contributed by atoms with Crippen LogP contribution in [0.1, 0.15) is 22.8 Å². The smallest absolute Gasteiger partial charge is 0.267 e. The molecular formula is C18H12ClN3O4. The highest BCUT2D eigenvalue weighted by Gasteiger charge is 2.33. The summed E-state index contributed by atoms with van der Waals surface area (Å²) < 4.78 is 0.